The SMILES string of the molecule is CNC(=O)NC(=O)CCN1CCCC(C2CCCN2)C1. The number of hydrogen-bond donors (Lipinski definition) is 3. The molecular formula is C14H26N4O2. The van der Waals surface area contributed by atoms with Crippen molar-refractivity contribution in [3.8, 4) is 0 Å². The summed E-state index contributed by atoms with van der Waals surface area (Å²) in [6, 6.07) is 0.235. The Morgan fingerprint density at radius 3 is 2.85 bits per heavy atom. The molecule has 0 aliphatic carbocycles. The normalized spacial score (nSPS) is 27.2. The van der Waals surface area contributed by atoms with Crippen LogP contribution in [0, 0.1) is 5.92 Å². The molecule has 0 saturated carbocycles. The number of likely N-dealkylation sites (tertiary alicyclic amines) is 1. The maximum Gasteiger partial charge on any atom is 0.321 e. The van der Waals surface area contributed by atoms with Crippen molar-refractivity contribution >= 4 is 11.9 Å². The molecule has 20 heavy (non-hydrogen) atoms. The zero-order valence-corrected chi connectivity index (χ0v) is 12.3. The van der Waals surface area contributed by atoms with Crippen molar-refractivity contribution in [2.75, 3.05) is 33.2 Å². The van der Waals surface area contributed by atoms with Gasteiger partial charge in [-0.1, -0.05) is 0 Å². The largest absolute Gasteiger partial charge is 0.341 e. The summed E-state index contributed by atoms with van der Waals surface area (Å²) >= 11 is 0. The number of nitrogens with one attached hydrogen (secondary N) is 3. The van der Waals surface area contributed by atoms with Crippen LogP contribution in [0.2, 0.25) is 0 Å². The molecule has 6 nitrogen and oxygen atoms in total. The van der Waals surface area contributed by atoms with E-state index in [9.17, 15) is 9.59 Å². The van der Waals surface area contributed by atoms with Crippen LogP contribution in [0.1, 0.15) is 32.1 Å². The topological polar surface area (TPSA) is 73.5 Å². The first-order valence-electron chi connectivity index (χ1n) is 7.66. The molecule has 0 aromatic rings. The van der Waals surface area contributed by atoms with Crippen LogP contribution in [0.4, 0.5) is 4.79 Å². The molecule has 6 heteroatoms. The van der Waals surface area contributed by atoms with Gasteiger partial charge in [0.2, 0.25) is 5.91 Å². The summed E-state index contributed by atoms with van der Waals surface area (Å²) in [5, 5.41) is 8.28. The van der Waals surface area contributed by atoms with Gasteiger partial charge in [-0.05, 0) is 44.7 Å². The van der Waals surface area contributed by atoms with E-state index < -0.39 is 6.03 Å². The number of imide groups is 1. The third-order valence-electron chi connectivity index (χ3n) is 4.34. The number of rotatable bonds is 4. The van der Waals surface area contributed by atoms with Gasteiger partial charge in [0.15, 0.2) is 0 Å². The maximum atomic E-state index is 11.6. The minimum Gasteiger partial charge on any atom is -0.341 e. The van der Waals surface area contributed by atoms with E-state index in [1.165, 1.54) is 32.7 Å². The van der Waals surface area contributed by atoms with E-state index in [1.807, 2.05) is 0 Å². The molecule has 0 aromatic carbocycles. The van der Waals surface area contributed by atoms with Gasteiger partial charge in [0.1, 0.15) is 0 Å². The lowest BCUT2D eigenvalue weighted by Gasteiger charge is -2.35. The first-order chi connectivity index (χ1) is 9.69. The average molecular weight is 282 g/mol. The molecule has 2 heterocycles. The molecule has 2 atom stereocenters. The number of urea groups is 1. The molecule has 0 spiro atoms. The van der Waals surface area contributed by atoms with Gasteiger partial charge in [-0.25, -0.2) is 4.79 Å². The fraction of sp³-hybridized carbons (Fsp3) is 0.857. The van der Waals surface area contributed by atoms with Crippen molar-refractivity contribution in [3.63, 3.8) is 0 Å². The summed E-state index contributed by atoms with van der Waals surface area (Å²) in [4.78, 5) is 25.0. The smallest absolute Gasteiger partial charge is 0.321 e. The number of carbonyl (C=O) groups excluding carboxylic acids is 2. The highest BCUT2D eigenvalue weighted by Gasteiger charge is 2.28. The van der Waals surface area contributed by atoms with Gasteiger partial charge in [-0.15, -0.1) is 0 Å². The standard InChI is InChI=1S/C14H26N4O2/c1-15-14(20)17-13(19)6-9-18-8-3-4-11(10-18)12-5-2-7-16-12/h11-12,16H,2-10H2,1H3,(H2,15,17,19,20). The van der Waals surface area contributed by atoms with Gasteiger partial charge in [-0.2, -0.15) is 0 Å². The minimum atomic E-state index is -0.429. The number of amides is 3. The molecule has 2 aliphatic rings. The molecule has 3 N–H and O–H groups in total. The molecule has 0 radical (unpaired) electrons. The Morgan fingerprint density at radius 2 is 2.15 bits per heavy atom. The Bertz CT molecular complexity index is 342. The van der Waals surface area contributed by atoms with Crippen molar-refractivity contribution in [2.45, 2.75) is 38.1 Å². The average Bonchev–Trinajstić information content (AvgIpc) is 2.99. The van der Waals surface area contributed by atoms with Gasteiger partial charge >= 0.3 is 6.03 Å². The van der Waals surface area contributed by atoms with E-state index in [2.05, 4.69) is 20.9 Å². The van der Waals surface area contributed by atoms with Crippen LogP contribution < -0.4 is 16.0 Å². The first-order valence-corrected chi connectivity index (χ1v) is 7.66. The molecule has 2 rings (SSSR count). The van der Waals surface area contributed by atoms with E-state index in [0.717, 1.165) is 26.2 Å². The fourth-order valence-corrected chi connectivity index (χ4v) is 3.25. The van der Waals surface area contributed by atoms with Gasteiger partial charge in [0.25, 0.3) is 0 Å². The Kier molecular flexibility index (Phi) is 5.79. The summed E-state index contributed by atoms with van der Waals surface area (Å²) in [6.07, 6.45) is 5.46. The Morgan fingerprint density at radius 1 is 1.30 bits per heavy atom. The van der Waals surface area contributed by atoms with Crippen LogP contribution in [0.3, 0.4) is 0 Å². The second-order valence-corrected chi connectivity index (χ2v) is 5.78. The van der Waals surface area contributed by atoms with Crippen LogP contribution in [0.25, 0.3) is 0 Å². The fourth-order valence-electron chi connectivity index (χ4n) is 3.25. The van der Waals surface area contributed by atoms with E-state index >= 15 is 0 Å². The summed E-state index contributed by atoms with van der Waals surface area (Å²) in [6.45, 7) is 4.03. The third kappa shape index (κ3) is 4.45. The predicted molar refractivity (Wildman–Crippen MR) is 77.4 cm³/mol. The van der Waals surface area contributed by atoms with Crippen LogP contribution >= 0.6 is 0 Å². The highest BCUT2D eigenvalue weighted by atomic mass is 16.2. The van der Waals surface area contributed by atoms with Crippen LogP contribution in [0.15, 0.2) is 0 Å². The summed E-state index contributed by atoms with van der Waals surface area (Å²) in [5.74, 6) is 0.513. The van der Waals surface area contributed by atoms with E-state index in [-0.39, 0.29) is 5.91 Å². The lowest BCUT2D eigenvalue weighted by atomic mass is 9.90. The molecule has 2 aliphatic heterocycles. The van der Waals surface area contributed by atoms with Gasteiger partial charge < -0.3 is 15.5 Å². The van der Waals surface area contributed by atoms with Gasteiger partial charge in [0, 0.05) is 32.6 Å². The highest BCUT2D eigenvalue weighted by Crippen LogP contribution is 2.24. The predicted octanol–water partition coefficient (Wildman–Crippen LogP) is 0.296. The molecule has 0 bridgehead atoms. The highest BCUT2D eigenvalue weighted by molar-refractivity contribution is 5.94. The molecule has 114 valence electrons. The number of piperidine rings is 1. The molecule has 0 aromatic heterocycles. The van der Waals surface area contributed by atoms with E-state index in [0.29, 0.717) is 18.4 Å². The Hall–Kier alpha value is -1.14. The molecule has 2 unspecified atom stereocenters. The molecule has 2 fully saturated rings. The Labute approximate surface area is 120 Å². The molecular weight excluding hydrogens is 256 g/mol. The first kappa shape index (κ1) is 15.3. The van der Waals surface area contributed by atoms with Crippen molar-refractivity contribution < 1.29 is 9.59 Å². The van der Waals surface area contributed by atoms with E-state index in [1.54, 1.807) is 0 Å². The summed E-state index contributed by atoms with van der Waals surface area (Å²) in [5.41, 5.74) is 0. The Balaban J connectivity index is 1.70. The minimum absolute atomic E-state index is 0.203. The second kappa shape index (κ2) is 7.59. The van der Waals surface area contributed by atoms with Gasteiger partial charge in [0.05, 0.1) is 0 Å². The third-order valence-corrected chi connectivity index (χ3v) is 4.34. The van der Waals surface area contributed by atoms with Crippen LogP contribution in [-0.2, 0) is 4.79 Å². The summed E-state index contributed by atoms with van der Waals surface area (Å²) < 4.78 is 0. The second-order valence-electron chi connectivity index (χ2n) is 5.78. The molecule has 2 saturated heterocycles. The monoisotopic (exact) mass is 282 g/mol. The number of carbonyl (C=O) groups is 2. The van der Waals surface area contributed by atoms with E-state index in [4.69, 9.17) is 0 Å². The van der Waals surface area contributed by atoms with Crippen molar-refractivity contribution in [3.05, 3.63) is 0 Å². The number of nitrogens with zero attached hydrogens (tertiary/aromatic N) is 1. The summed E-state index contributed by atoms with van der Waals surface area (Å²) in [7, 11) is 1.51. The van der Waals surface area contributed by atoms with Crippen LogP contribution in [0.5, 0.6) is 0 Å². The van der Waals surface area contributed by atoms with Crippen LogP contribution in [-0.4, -0.2) is 56.1 Å². The maximum absolute atomic E-state index is 11.6. The lowest BCUT2D eigenvalue weighted by molar-refractivity contribution is -0.120. The zero-order valence-electron chi connectivity index (χ0n) is 12.3. The lowest BCUT2D eigenvalue weighted by Crippen LogP contribution is -2.45. The molecule has 3 amide bonds. The van der Waals surface area contributed by atoms with Crippen molar-refractivity contribution in [1.29, 1.82) is 0 Å². The van der Waals surface area contributed by atoms with Crippen molar-refractivity contribution in [2.24, 2.45) is 5.92 Å². The zero-order chi connectivity index (χ0) is 14.4. The van der Waals surface area contributed by atoms with Gasteiger partial charge in [-0.3, -0.25) is 10.1 Å². The quantitative estimate of drug-likeness (QED) is 0.693. The number of hydrogen-bond acceptors (Lipinski definition) is 4. The van der Waals surface area contributed by atoms with Crippen molar-refractivity contribution in [1.82, 2.24) is 20.9 Å².